The Bertz CT molecular complexity index is 649. The molecule has 3 heterocycles. The number of rotatable bonds is 4. The van der Waals surface area contributed by atoms with Gasteiger partial charge in [0.25, 0.3) is 5.91 Å². The lowest BCUT2D eigenvalue weighted by Gasteiger charge is -2.41. The molecule has 1 aliphatic rings. The van der Waals surface area contributed by atoms with Crippen LogP contribution in [-0.2, 0) is 0 Å². The van der Waals surface area contributed by atoms with E-state index in [4.69, 9.17) is 0 Å². The van der Waals surface area contributed by atoms with Crippen molar-refractivity contribution < 1.29 is 9.90 Å². The van der Waals surface area contributed by atoms with Crippen molar-refractivity contribution in [1.82, 2.24) is 14.9 Å². The minimum Gasteiger partial charge on any atom is -0.386 e. The number of aromatic nitrogens is 2. The molecule has 1 N–H and O–H groups in total. The van der Waals surface area contributed by atoms with Crippen LogP contribution in [0, 0.1) is 0 Å². The van der Waals surface area contributed by atoms with Gasteiger partial charge in [-0.2, -0.15) is 0 Å². The van der Waals surface area contributed by atoms with Gasteiger partial charge in [0.1, 0.15) is 5.82 Å². The van der Waals surface area contributed by atoms with Gasteiger partial charge in [0, 0.05) is 32.5 Å². The van der Waals surface area contributed by atoms with E-state index in [2.05, 4.69) is 9.97 Å². The minimum absolute atomic E-state index is 0.0509. The highest BCUT2D eigenvalue weighted by Gasteiger charge is 2.36. The summed E-state index contributed by atoms with van der Waals surface area (Å²) in [4.78, 5) is 25.1. The first-order valence-electron chi connectivity index (χ1n) is 7.60. The molecule has 3 rings (SSSR count). The van der Waals surface area contributed by atoms with Crippen molar-refractivity contribution in [3.8, 4) is 0 Å². The second kappa shape index (κ2) is 6.64. The third kappa shape index (κ3) is 3.68. The first-order chi connectivity index (χ1) is 11.1. The van der Waals surface area contributed by atoms with E-state index < -0.39 is 5.60 Å². The molecule has 0 spiro atoms. The third-order valence-corrected chi connectivity index (χ3v) is 4.90. The number of hydrogen-bond donors (Lipinski definition) is 1. The SMILES string of the molecule is CN(C[C@]1(O)CCCN(c2cnccn2)C1)C(=O)c1cccs1. The Balaban J connectivity index is 1.67. The van der Waals surface area contributed by atoms with E-state index in [1.54, 1.807) is 36.6 Å². The number of piperidine rings is 1. The van der Waals surface area contributed by atoms with Crippen LogP contribution in [0.5, 0.6) is 0 Å². The summed E-state index contributed by atoms with van der Waals surface area (Å²) in [6, 6.07) is 3.66. The summed E-state index contributed by atoms with van der Waals surface area (Å²) >= 11 is 1.42. The van der Waals surface area contributed by atoms with E-state index in [1.165, 1.54) is 11.3 Å². The zero-order valence-corrected chi connectivity index (χ0v) is 13.9. The molecule has 1 saturated heterocycles. The smallest absolute Gasteiger partial charge is 0.263 e. The Hall–Kier alpha value is -1.99. The number of thiophene rings is 1. The Kier molecular flexibility index (Phi) is 4.58. The van der Waals surface area contributed by atoms with E-state index in [9.17, 15) is 9.90 Å². The molecule has 1 atom stereocenters. The lowest BCUT2D eigenvalue weighted by atomic mass is 9.92. The minimum atomic E-state index is -0.933. The van der Waals surface area contributed by atoms with E-state index in [0.29, 0.717) is 24.4 Å². The summed E-state index contributed by atoms with van der Waals surface area (Å²) in [6.07, 6.45) is 6.51. The molecule has 0 saturated carbocycles. The highest BCUT2D eigenvalue weighted by Crippen LogP contribution is 2.25. The molecule has 2 aromatic heterocycles. The zero-order chi connectivity index (χ0) is 16.3. The predicted molar refractivity (Wildman–Crippen MR) is 89.7 cm³/mol. The van der Waals surface area contributed by atoms with Crippen molar-refractivity contribution in [3.63, 3.8) is 0 Å². The maximum absolute atomic E-state index is 12.4. The normalized spacial score (nSPS) is 21.2. The van der Waals surface area contributed by atoms with Crippen molar-refractivity contribution in [1.29, 1.82) is 0 Å². The summed E-state index contributed by atoms with van der Waals surface area (Å²) in [5.74, 6) is 0.711. The van der Waals surface area contributed by atoms with Gasteiger partial charge < -0.3 is 14.9 Å². The van der Waals surface area contributed by atoms with Gasteiger partial charge in [-0.25, -0.2) is 4.98 Å². The lowest BCUT2D eigenvalue weighted by Crippen LogP contribution is -2.54. The molecule has 0 bridgehead atoms. The van der Waals surface area contributed by atoms with Crippen molar-refractivity contribution in [2.75, 3.05) is 31.6 Å². The summed E-state index contributed by atoms with van der Waals surface area (Å²) in [6.45, 7) is 1.60. The average Bonchev–Trinajstić information content (AvgIpc) is 3.09. The van der Waals surface area contributed by atoms with Gasteiger partial charge in [-0.1, -0.05) is 6.07 Å². The second-order valence-electron chi connectivity index (χ2n) is 5.95. The Morgan fingerprint density at radius 1 is 1.52 bits per heavy atom. The number of amides is 1. The molecule has 0 aromatic carbocycles. The maximum Gasteiger partial charge on any atom is 0.263 e. The van der Waals surface area contributed by atoms with Crippen LogP contribution < -0.4 is 4.90 Å². The average molecular weight is 332 g/mol. The third-order valence-electron chi connectivity index (χ3n) is 4.04. The monoisotopic (exact) mass is 332 g/mol. The van der Waals surface area contributed by atoms with Crippen molar-refractivity contribution in [3.05, 3.63) is 41.0 Å². The largest absolute Gasteiger partial charge is 0.386 e. The van der Waals surface area contributed by atoms with E-state index in [-0.39, 0.29) is 5.91 Å². The zero-order valence-electron chi connectivity index (χ0n) is 13.1. The fourth-order valence-electron chi connectivity index (χ4n) is 2.99. The van der Waals surface area contributed by atoms with Gasteiger partial charge >= 0.3 is 0 Å². The number of β-amino-alcohol motifs (C(OH)–C–C–N with tert-alkyl or cyclic N) is 1. The number of carbonyl (C=O) groups is 1. The number of likely N-dealkylation sites (N-methyl/N-ethyl adjacent to an activating group) is 1. The van der Waals surface area contributed by atoms with E-state index >= 15 is 0 Å². The number of nitrogens with zero attached hydrogens (tertiary/aromatic N) is 4. The number of carbonyl (C=O) groups excluding carboxylic acids is 1. The molecule has 122 valence electrons. The first kappa shape index (κ1) is 15.9. The highest BCUT2D eigenvalue weighted by atomic mass is 32.1. The van der Waals surface area contributed by atoms with Gasteiger partial charge in [0.15, 0.2) is 0 Å². The standard InChI is InChI=1S/C16H20N4O2S/c1-19(15(21)13-4-2-9-23-13)11-16(22)5-3-8-20(12-16)14-10-17-6-7-18-14/h2,4,6-7,9-10,22H,3,5,8,11-12H2,1H3/t16-/m1/s1. The molecular formula is C16H20N4O2S. The molecule has 1 aliphatic heterocycles. The highest BCUT2D eigenvalue weighted by molar-refractivity contribution is 7.12. The first-order valence-corrected chi connectivity index (χ1v) is 8.48. The van der Waals surface area contributed by atoms with Gasteiger partial charge in [0.2, 0.25) is 0 Å². The topological polar surface area (TPSA) is 69.6 Å². The molecule has 0 unspecified atom stereocenters. The van der Waals surface area contributed by atoms with Gasteiger partial charge in [-0.3, -0.25) is 9.78 Å². The van der Waals surface area contributed by atoms with Gasteiger partial charge in [0.05, 0.1) is 23.2 Å². The van der Waals surface area contributed by atoms with Crippen molar-refractivity contribution >= 4 is 23.1 Å². The van der Waals surface area contributed by atoms with Crippen molar-refractivity contribution in [2.24, 2.45) is 0 Å². The fraction of sp³-hybridized carbons (Fsp3) is 0.438. The Labute approximate surface area is 139 Å². The van der Waals surface area contributed by atoms with Crippen LogP contribution in [0.2, 0.25) is 0 Å². The van der Waals surface area contributed by atoms with Crippen LogP contribution >= 0.6 is 11.3 Å². The molecular weight excluding hydrogens is 312 g/mol. The lowest BCUT2D eigenvalue weighted by molar-refractivity contribution is -0.0000214. The number of hydrogen-bond acceptors (Lipinski definition) is 6. The van der Waals surface area contributed by atoms with Gasteiger partial charge in [-0.05, 0) is 24.3 Å². The molecule has 1 amide bonds. The molecule has 23 heavy (non-hydrogen) atoms. The summed E-state index contributed by atoms with van der Waals surface area (Å²) in [7, 11) is 1.74. The molecule has 6 nitrogen and oxygen atoms in total. The molecule has 1 fully saturated rings. The Morgan fingerprint density at radius 3 is 3.09 bits per heavy atom. The Morgan fingerprint density at radius 2 is 2.39 bits per heavy atom. The van der Waals surface area contributed by atoms with Crippen LogP contribution in [0.15, 0.2) is 36.1 Å². The van der Waals surface area contributed by atoms with Crippen LogP contribution in [0.1, 0.15) is 22.5 Å². The fourth-order valence-corrected chi connectivity index (χ4v) is 3.71. The van der Waals surface area contributed by atoms with E-state index in [1.807, 2.05) is 16.3 Å². The van der Waals surface area contributed by atoms with Gasteiger partial charge in [-0.15, -0.1) is 11.3 Å². The summed E-state index contributed by atoms with van der Waals surface area (Å²) in [5.41, 5.74) is -0.933. The molecule has 2 aromatic rings. The van der Waals surface area contributed by atoms with Crippen LogP contribution in [0.3, 0.4) is 0 Å². The second-order valence-corrected chi connectivity index (χ2v) is 6.90. The molecule has 0 aliphatic carbocycles. The molecule has 0 radical (unpaired) electrons. The van der Waals surface area contributed by atoms with Crippen molar-refractivity contribution in [2.45, 2.75) is 18.4 Å². The predicted octanol–water partition coefficient (Wildman–Crippen LogP) is 1.64. The summed E-state index contributed by atoms with van der Waals surface area (Å²) in [5, 5.41) is 12.8. The maximum atomic E-state index is 12.4. The molecule has 7 heteroatoms. The van der Waals surface area contributed by atoms with Crippen LogP contribution in [-0.4, -0.2) is 58.2 Å². The van der Waals surface area contributed by atoms with Crippen LogP contribution in [0.25, 0.3) is 0 Å². The van der Waals surface area contributed by atoms with E-state index in [0.717, 1.165) is 18.8 Å². The number of aliphatic hydroxyl groups is 1. The van der Waals surface area contributed by atoms with Crippen LogP contribution in [0.4, 0.5) is 5.82 Å². The number of anilines is 1. The summed E-state index contributed by atoms with van der Waals surface area (Å²) < 4.78 is 0. The quantitative estimate of drug-likeness (QED) is 0.922.